The van der Waals surface area contributed by atoms with E-state index in [0.29, 0.717) is 5.92 Å². The van der Waals surface area contributed by atoms with Crippen LogP contribution in [0.2, 0.25) is 0 Å². The molecule has 0 aliphatic carbocycles. The predicted octanol–water partition coefficient (Wildman–Crippen LogP) is 5.35. The smallest absolute Gasteiger partial charge is 0.226 e. The van der Waals surface area contributed by atoms with Gasteiger partial charge in [0.2, 0.25) is 5.91 Å². The van der Waals surface area contributed by atoms with Crippen molar-refractivity contribution in [1.29, 1.82) is 0 Å². The van der Waals surface area contributed by atoms with Gasteiger partial charge in [-0.2, -0.15) is 0 Å². The van der Waals surface area contributed by atoms with E-state index in [1.54, 1.807) is 0 Å². The molecule has 0 radical (unpaired) electrons. The molecular formula is C24H31BrN2O2. The molecule has 0 aromatic heterocycles. The minimum atomic E-state index is -0.415. The Labute approximate surface area is 182 Å². The van der Waals surface area contributed by atoms with Gasteiger partial charge in [-0.15, -0.1) is 0 Å². The molecule has 29 heavy (non-hydrogen) atoms. The summed E-state index contributed by atoms with van der Waals surface area (Å²) < 4.78 is 1.03. The summed E-state index contributed by atoms with van der Waals surface area (Å²) in [7, 11) is 0. The van der Waals surface area contributed by atoms with E-state index in [2.05, 4.69) is 38.3 Å². The zero-order valence-corrected chi connectivity index (χ0v) is 18.9. The first-order valence-electron chi connectivity index (χ1n) is 10.5. The molecule has 0 saturated carbocycles. The van der Waals surface area contributed by atoms with Crippen LogP contribution in [0, 0.1) is 5.92 Å². The Morgan fingerprint density at radius 2 is 1.86 bits per heavy atom. The Balaban J connectivity index is 1.48. The molecule has 1 aliphatic rings. The molecule has 1 heterocycles. The van der Waals surface area contributed by atoms with E-state index in [0.717, 1.165) is 54.6 Å². The average Bonchev–Trinajstić information content (AvgIpc) is 2.73. The highest BCUT2D eigenvalue weighted by atomic mass is 79.9. The number of amides is 1. The predicted molar refractivity (Wildman–Crippen MR) is 122 cm³/mol. The van der Waals surface area contributed by atoms with E-state index in [-0.39, 0.29) is 11.8 Å². The van der Waals surface area contributed by atoms with Crippen molar-refractivity contribution in [2.75, 3.05) is 25.0 Å². The van der Waals surface area contributed by atoms with Gasteiger partial charge in [0.1, 0.15) is 0 Å². The maximum atomic E-state index is 11.9. The highest BCUT2D eigenvalue weighted by Crippen LogP contribution is 2.30. The number of carbonyl (C=O) groups excluding carboxylic acids is 1. The molecule has 3 rings (SSSR count). The topological polar surface area (TPSA) is 52.6 Å². The van der Waals surface area contributed by atoms with Crippen molar-refractivity contribution in [3.63, 3.8) is 0 Å². The zero-order valence-electron chi connectivity index (χ0n) is 17.3. The summed E-state index contributed by atoms with van der Waals surface area (Å²) in [4.78, 5) is 14.4. The molecule has 1 amide bonds. The van der Waals surface area contributed by atoms with Gasteiger partial charge in [-0.3, -0.25) is 4.79 Å². The van der Waals surface area contributed by atoms with Crippen LogP contribution in [0.4, 0.5) is 5.69 Å². The lowest BCUT2D eigenvalue weighted by molar-refractivity contribution is -0.118. The lowest BCUT2D eigenvalue weighted by Gasteiger charge is -2.32. The number of carbonyl (C=O) groups is 1. The molecule has 2 N–H and O–H groups in total. The van der Waals surface area contributed by atoms with Crippen LogP contribution in [0.15, 0.2) is 53.0 Å². The van der Waals surface area contributed by atoms with Gasteiger partial charge in [0, 0.05) is 22.6 Å². The molecule has 1 saturated heterocycles. The van der Waals surface area contributed by atoms with Crippen LogP contribution in [0.1, 0.15) is 56.3 Å². The molecule has 5 heteroatoms. The maximum absolute atomic E-state index is 11.9. The van der Waals surface area contributed by atoms with Gasteiger partial charge in [0.05, 0.1) is 6.10 Å². The number of aliphatic hydroxyl groups excluding tert-OH is 1. The van der Waals surface area contributed by atoms with E-state index in [4.69, 9.17) is 0 Å². The second-order valence-electron chi connectivity index (χ2n) is 8.24. The van der Waals surface area contributed by atoms with E-state index in [1.165, 1.54) is 5.56 Å². The highest BCUT2D eigenvalue weighted by molar-refractivity contribution is 9.10. The molecule has 2 aromatic carbocycles. The van der Waals surface area contributed by atoms with E-state index in [9.17, 15) is 9.90 Å². The summed E-state index contributed by atoms with van der Waals surface area (Å²) in [5.41, 5.74) is 3.17. The van der Waals surface area contributed by atoms with Crippen molar-refractivity contribution in [1.82, 2.24) is 4.90 Å². The van der Waals surface area contributed by atoms with Gasteiger partial charge in [0.15, 0.2) is 0 Å². The van der Waals surface area contributed by atoms with Crippen LogP contribution in [0.25, 0.3) is 0 Å². The quantitative estimate of drug-likeness (QED) is 0.587. The number of benzene rings is 2. The number of halogens is 1. The molecule has 0 bridgehead atoms. The fourth-order valence-electron chi connectivity index (χ4n) is 3.80. The molecule has 2 aromatic rings. The first-order chi connectivity index (χ1) is 13.9. The summed E-state index contributed by atoms with van der Waals surface area (Å²) in [5.74, 6) is 0.564. The fourth-order valence-corrected chi connectivity index (χ4v) is 4.07. The van der Waals surface area contributed by atoms with Crippen LogP contribution in [0.5, 0.6) is 0 Å². The van der Waals surface area contributed by atoms with E-state index in [1.807, 2.05) is 50.2 Å². The Hall–Kier alpha value is -1.69. The summed E-state index contributed by atoms with van der Waals surface area (Å²) >= 11 is 3.43. The van der Waals surface area contributed by atoms with Gasteiger partial charge >= 0.3 is 0 Å². The average molecular weight is 459 g/mol. The first-order valence-corrected chi connectivity index (χ1v) is 11.3. The SMILES string of the molecule is CC(C)C(=O)Nc1cccc(C2CCN(CCC(O)c3ccc(Br)cc3)CC2)c1. The lowest BCUT2D eigenvalue weighted by Crippen LogP contribution is -2.34. The lowest BCUT2D eigenvalue weighted by atomic mass is 9.89. The zero-order chi connectivity index (χ0) is 20.8. The molecular weight excluding hydrogens is 428 g/mol. The molecule has 1 aliphatic heterocycles. The molecule has 1 atom stereocenters. The van der Waals surface area contributed by atoms with Gasteiger partial charge in [0.25, 0.3) is 0 Å². The molecule has 0 spiro atoms. The summed E-state index contributed by atoms with van der Waals surface area (Å²) in [6.45, 7) is 6.81. The van der Waals surface area contributed by atoms with Crippen molar-refractivity contribution in [3.8, 4) is 0 Å². The number of nitrogens with one attached hydrogen (secondary N) is 1. The number of piperidine rings is 1. The normalized spacial score (nSPS) is 16.7. The van der Waals surface area contributed by atoms with Gasteiger partial charge in [-0.1, -0.05) is 54.0 Å². The van der Waals surface area contributed by atoms with E-state index < -0.39 is 6.10 Å². The highest BCUT2D eigenvalue weighted by Gasteiger charge is 2.21. The Bertz CT molecular complexity index is 799. The summed E-state index contributed by atoms with van der Waals surface area (Å²) in [6.07, 6.45) is 2.55. The molecule has 156 valence electrons. The third-order valence-corrected chi connectivity index (χ3v) is 6.24. The van der Waals surface area contributed by atoms with Crippen molar-refractivity contribution in [3.05, 3.63) is 64.1 Å². The second kappa shape index (κ2) is 10.4. The van der Waals surface area contributed by atoms with Crippen LogP contribution in [0.3, 0.4) is 0 Å². The molecule has 1 unspecified atom stereocenters. The minimum absolute atomic E-state index is 0.0188. The van der Waals surface area contributed by atoms with Gasteiger partial charge in [-0.05, 0) is 73.7 Å². The number of nitrogens with zero attached hydrogens (tertiary/aromatic N) is 1. The third-order valence-electron chi connectivity index (χ3n) is 5.71. The largest absolute Gasteiger partial charge is 0.388 e. The summed E-state index contributed by atoms with van der Waals surface area (Å²) in [6, 6.07) is 16.2. The molecule has 1 fully saturated rings. The second-order valence-corrected chi connectivity index (χ2v) is 9.16. The van der Waals surface area contributed by atoms with Crippen molar-refractivity contribution in [2.24, 2.45) is 5.92 Å². The van der Waals surface area contributed by atoms with E-state index >= 15 is 0 Å². The number of rotatable bonds is 7. The van der Waals surface area contributed by atoms with Crippen LogP contribution in [-0.4, -0.2) is 35.5 Å². The van der Waals surface area contributed by atoms with Crippen LogP contribution in [-0.2, 0) is 4.79 Å². The number of hydrogen-bond acceptors (Lipinski definition) is 3. The maximum Gasteiger partial charge on any atom is 0.226 e. The Kier molecular flexibility index (Phi) is 7.87. The van der Waals surface area contributed by atoms with Crippen LogP contribution < -0.4 is 5.32 Å². The minimum Gasteiger partial charge on any atom is -0.388 e. The fraction of sp³-hybridized carbons (Fsp3) is 0.458. The molecule has 4 nitrogen and oxygen atoms in total. The first kappa shape index (κ1) is 22.0. The summed E-state index contributed by atoms with van der Waals surface area (Å²) in [5, 5.41) is 13.4. The van der Waals surface area contributed by atoms with Crippen molar-refractivity contribution >= 4 is 27.5 Å². The standard InChI is InChI=1S/C24H31BrN2O2/c1-17(2)24(29)26-22-5-3-4-20(16-22)18-10-13-27(14-11-18)15-12-23(28)19-6-8-21(25)9-7-19/h3-9,16-18,23,28H,10-15H2,1-2H3,(H,26,29). The number of hydrogen-bond donors (Lipinski definition) is 2. The van der Waals surface area contributed by atoms with Gasteiger partial charge < -0.3 is 15.3 Å². The number of anilines is 1. The Morgan fingerprint density at radius 1 is 1.17 bits per heavy atom. The van der Waals surface area contributed by atoms with Gasteiger partial charge in [-0.25, -0.2) is 0 Å². The number of aliphatic hydroxyl groups is 1. The monoisotopic (exact) mass is 458 g/mol. The van der Waals surface area contributed by atoms with Crippen molar-refractivity contribution in [2.45, 2.75) is 45.1 Å². The Morgan fingerprint density at radius 3 is 2.52 bits per heavy atom. The number of likely N-dealkylation sites (tertiary alicyclic amines) is 1. The van der Waals surface area contributed by atoms with Crippen molar-refractivity contribution < 1.29 is 9.90 Å². The third kappa shape index (κ3) is 6.39. The van der Waals surface area contributed by atoms with Crippen LogP contribution >= 0.6 is 15.9 Å².